The van der Waals surface area contributed by atoms with Crippen molar-refractivity contribution in [2.45, 2.75) is 32.6 Å². The second-order valence-corrected chi connectivity index (χ2v) is 4.76. The van der Waals surface area contributed by atoms with Crippen molar-refractivity contribution in [1.82, 2.24) is 5.32 Å². The Balaban J connectivity index is 2.36. The Kier molecular flexibility index (Phi) is 6.29. The molecule has 1 fully saturated rings. The minimum absolute atomic E-state index is 0.00813. The van der Waals surface area contributed by atoms with E-state index in [1.807, 2.05) is 0 Å². The van der Waals surface area contributed by atoms with Crippen LogP contribution >= 0.6 is 0 Å². The van der Waals surface area contributed by atoms with E-state index in [-0.39, 0.29) is 12.0 Å². The van der Waals surface area contributed by atoms with E-state index in [1.165, 1.54) is 0 Å². The van der Waals surface area contributed by atoms with Crippen LogP contribution in [0.1, 0.15) is 32.6 Å². The average molecular weight is 243 g/mol. The molecule has 4 N–H and O–H groups in total. The summed E-state index contributed by atoms with van der Waals surface area (Å²) in [5.41, 5.74) is 5.78. The van der Waals surface area contributed by atoms with Crippen LogP contribution in [-0.4, -0.2) is 44.0 Å². The minimum atomic E-state index is -0.00813. The van der Waals surface area contributed by atoms with Crippen molar-refractivity contribution in [1.29, 1.82) is 0 Å². The standard InChI is InChI=1S/C12H25N3O2/c1-2-3-6-14-11(13)15-9-12(4-7-16)5-8-17-10-12/h16H,2-10H2,1H3,(H3,13,14,15). The number of aliphatic hydroxyl groups excluding tert-OH is 1. The van der Waals surface area contributed by atoms with Crippen LogP contribution in [-0.2, 0) is 4.74 Å². The third kappa shape index (κ3) is 4.91. The molecular weight excluding hydrogens is 218 g/mol. The number of hydrogen-bond acceptors (Lipinski definition) is 3. The molecule has 17 heavy (non-hydrogen) atoms. The van der Waals surface area contributed by atoms with Crippen LogP contribution in [0.2, 0.25) is 0 Å². The Morgan fingerprint density at radius 3 is 3.00 bits per heavy atom. The molecule has 0 spiro atoms. The summed E-state index contributed by atoms with van der Waals surface area (Å²) in [4.78, 5) is 4.36. The quantitative estimate of drug-likeness (QED) is 0.345. The molecule has 1 atom stereocenters. The summed E-state index contributed by atoms with van der Waals surface area (Å²) >= 11 is 0. The van der Waals surface area contributed by atoms with Gasteiger partial charge in [-0.25, -0.2) is 0 Å². The highest BCUT2D eigenvalue weighted by Crippen LogP contribution is 2.32. The molecule has 0 amide bonds. The summed E-state index contributed by atoms with van der Waals surface area (Å²) in [6, 6.07) is 0. The lowest BCUT2D eigenvalue weighted by atomic mass is 9.84. The molecule has 0 radical (unpaired) electrons. The first kappa shape index (κ1) is 14.3. The fourth-order valence-corrected chi connectivity index (χ4v) is 1.99. The van der Waals surface area contributed by atoms with Crippen LogP contribution in [0.25, 0.3) is 0 Å². The van der Waals surface area contributed by atoms with E-state index in [0.717, 1.165) is 38.8 Å². The maximum Gasteiger partial charge on any atom is 0.188 e. The first-order chi connectivity index (χ1) is 8.22. The van der Waals surface area contributed by atoms with Gasteiger partial charge in [-0.05, 0) is 19.3 Å². The van der Waals surface area contributed by atoms with E-state index in [4.69, 9.17) is 15.6 Å². The lowest BCUT2D eigenvalue weighted by molar-refractivity contribution is 0.131. The number of nitrogens with two attached hydrogens (primary N) is 1. The van der Waals surface area contributed by atoms with Gasteiger partial charge in [-0.2, -0.15) is 0 Å². The van der Waals surface area contributed by atoms with Crippen LogP contribution in [0.15, 0.2) is 4.99 Å². The number of aliphatic imine (C=N–C) groups is 1. The van der Waals surface area contributed by atoms with Crippen molar-refractivity contribution in [3.63, 3.8) is 0 Å². The highest BCUT2D eigenvalue weighted by Gasteiger charge is 2.34. The molecule has 1 rings (SSSR count). The summed E-state index contributed by atoms with van der Waals surface area (Å²) in [6.07, 6.45) is 3.93. The Hall–Kier alpha value is -0.810. The van der Waals surface area contributed by atoms with E-state index >= 15 is 0 Å². The van der Waals surface area contributed by atoms with Crippen LogP contribution in [0.3, 0.4) is 0 Å². The molecule has 0 aromatic carbocycles. The Bertz CT molecular complexity index is 238. The van der Waals surface area contributed by atoms with Crippen molar-refractivity contribution in [3.8, 4) is 0 Å². The largest absolute Gasteiger partial charge is 0.396 e. The van der Waals surface area contributed by atoms with Gasteiger partial charge in [0.1, 0.15) is 0 Å². The highest BCUT2D eigenvalue weighted by molar-refractivity contribution is 5.77. The minimum Gasteiger partial charge on any atom is -0.396 e. The lowest BCUT2D eigenvalue weighted by Gasteiger charge is -2.24. The number of aliphatic hydroxyl groups is 1. The van der Waals surface area contributed by atoms with E-state index in [2.05, 4.69) is 17.2 Å². The van der Waals surface area contributed by atoms with Gasteiger partial charge in [-0.3, -0.25) is 4.99 Å². The van der Waals surface area contributed by atoms with Gasteiger partial charge in [-0.15, -0.1) is 0 Å². The number of ether oxygens (including phenoxy) is 1. The molecule has 5 heteroatoms. The molecule has 1 saturated heterocycles. The fraction of sp³-hybridized carbons (Fsp3) is 0.917. The second kappa shape index (κ2) is 7.50. The van der Waals surface area contributed by atoms with Gasteiger partial charge in [0, 0.05) is 25.2 Å². The van der Waals surface area contributed by atoms with Gasteiger partial charge in [0.05, 0.1) is 13.2 Å². The van der Waals surface area contributed by atoms with Crippen molar-refractivity contribution in [3.05, 3.63) is 0 Å². The molecule has 1 unspecified atom stereocenters. The van der Waals surface area contributed by atoms with Crippen LogP contribution in [0.4, 0.5) is 0 Å². The van der Waals surface area contributed by atoms with Gasteiger partial charge >= 0.3 is 0 Å². The summed E-state index contributed by atoms with van der Waals surface area (Å²) in [7, 11) is 0. The first-order valence-electron chi connectivity index (χ1n) is 6.45. The maximum atomic E-state index is 9.08. The number of guanidine groups is 1. The molecule has 1 aliphatic rings. The summed E-state index contributed by atoms with van der Waals surface area (Å²) in [6.45, 7) is 5.27. The maximum absolute atomic E-state index is 9.08. The lowest BCUT2D eigenvalue weighted by Crippen LogP contribution is -2.35. The van der Waals surface area contributed by atoms with Crippen molar-refractivity contribution >= 4 is 5.96 Å². The zero-order chi connectivity index (χ0) is 12.6. The third-order valence-electron chi connectivity index (χ3n) is 3.25. The Morgan fingerprint density at radius 1 is 1.59 bits per heavy atom. The number of hydrogen-bond donors (Lipinski definition) is 3. The van der Waals surface area contributed by atoms with Crippen molar-refractivity contribution < 1.29 is 9.84 Å². The SMILES string of the molecule is CCCCNC(N)=NCC1(CCO)CCOC1. The van der Waals surface area contributed by atoms with Gasteiger partial charge in [-0.1, -0.05) is 13.3 Å². The molecule has 0 aromatic rings. The van der Waals surface area contributed by atoms with Crippen LogP contribution < -0.4 is 11.1 Å². The summed E-state index contributed by atoms with van der Waals surface area (Å²) < 4.78 is 5.40. The van der Waals surface area contributed by atoms with Gasteiger partial charge in [0.15, 0.2) is 5.96 Å². The smallest absolute Gasteiger partial charge is 0.188 e. The van der Waals surface area contributed by atoms with Crippen molar-refractivity contribution in [2.24, 2.45) is 16.1 Å². The highest BCUT2D eigenvalue weighted by atomic mass is 16.5. The summed E-state index contributed by atoms with van der Waals surface area (Å²) in [5, 5.41) is 12.2. The molecule has 1 aliphatic heterocycles. The number of unbranched alkanes of at least 4 members (excludes halogenated alkanes) is 1. The van der Waals surface area contributed by atoms with E-state index in [0.29, 0.717) is 19.1 Å². The van der Waals surface area contributed by atoms with E-state index in [1.54, 1.807) is 0 Å². The number of rotatable bonds is 7. The average Bonchev–Trinajstić information content (AvgIpc) is 2.77. The molecule has 0 aliphatic carbocycles. The number of nitrogens with one attached hydrogen (secondary N) is 1. The zero-order valence-electron chi connectivity index (χ0n) is 10.7. The fourth-order valence-electron chi connectivity index (χ4n) is 1.99. The monoisotopic (exact) mass is 243 g/mol. The molecular formula is C12H25N3O2. The Labute approximate surface area is 103 Å². The molecule has 0 aromatic heterocycles. The predicted molar refractivity (Wildman–Crippen MR) is 69.0 cm³/mol. The second-order valence-electron chi connectivity index (χ2n) is 4.76. The molecule has 0 saturated carbocycles. The molecule has 5 nitrogen and oxygen atoms in total. The molecule has 100 valence electrons. The number of nitrogens with zero attached hydrogens (tertiary/aromatic N) is 1. The van der Waals surface area contributed by atoms with Crippen LogP contribution in [0, 0.1) is 5.41 Å². The summed E-state index contributed by atoms with van der Waals surface area (Å²) in [5.74, 6) is 0.502. The Morgan fingerprint density at radius 2 is 2.41 bits per heavy atom. The van der Waals surface area contributed by atoms with Gasteiger partial charge in [0.2, 0.25) is 0 Å². The normalized spacial score (nSPS) is 25.2. The first-order valence-corrected chi connectivity index (χ1v) is 6.45. The van der Waals surface area contributed by atoms with Crippen LogP contribution in [0.5, 0.6) is 0 Å². The van der Waals surface area contributed by atoms with Gasteiger partial charge in [0.25, 0.3) is 0 Å². The van der Waals surface area contributed by atoms with E-state index < -0.39 is 0 Å². The molecule has 1 heterocycles. The topological polar surface area (TPSA) is 79.9 Å². The zero-order valence-corrected chi connectivity index (χ0v) is 10.7. The van der Waals surface area contributed by atoms with Crippen molar-refractivity contribution in [2.75, 3.05) is 32.9 Å². The van der Waals surface area contributed by atoms with E-state index in [9.17, 15) is 0 Å². The predicted octanol–water partition coefficient (Wildman–Crippen LogP) is 0.480. The van der Waals surface area contributed by atoms with Gasteiger partial charge < -0.3 is 20.9 Å². The molecule has 0 bridgehead atoms. The third-order valence-corrected chi connectivity index (χ3v) is 3.25.